The van der Waals surface area contributed by atoms with Crippen LogP contribution in [0.5, 0.6) is 11.6 Å². The van der Waals surface area contributed by atoms with Gasteiger partial charge in [0.1, 0.15) is 17.4 Å². The quantitative estimate of drug-likeness (QED) is 0.849. The van der Waals surface area contributed by atoms with Crippen molar-refractivity contribution in [2.45, 2.75) is 13.8 Å². The molecular formula is C14H12ClN3O. The van der Waals surface area contributed by atoms with Gasteiger partial charge < -0.3 is 10.5 Å². The molecule has 0 aliphatic carbocycles. The number of pyridine rings is 1. The summed E-state index contributed by atoms with van der Waals surface area (Å²) >= 11 is 6.07. The summed E-state index contributed by atoms with van der Waals surface area (Å²) in [6, 6.07) is 9.00. The molecule has 2 aromatic rings. The van der Waals surface area contributed by atoms with E-state index in [-0.39, 0.29) is 5.88 Å². The van der Waals surface area contributed by atoms with E-state index < -0.39 is 0 Å². The summed E-state index contributed by atoms with van der Waals surface area (Å²) in [4.78, 5) is 4.21. The van der Waals surface area contributed by atoms with E-state index in [0.717, 1.165) is 0 Å². The normalized spacial score (nSPS) is 10.0. The number of aryl methyl sites for hydroxylation is 1. The smallest absolute Gasteiger partial charge is 0.237 e. The Balaban J connectivity index is 2.49. The van der Waals surface area contributed by atoms with Crippen LogP contribution in [-0.2, 0) is 0 Å². The third-order valence-electron chi connectivity index (χ3n) is 2.69. The number of anilines is 1. The SMILES string of the molecule is Cc1nc(Oc2cccc(N)c2)c(C#N)c(C)c1Cl. The molecule has 0 amide bonds. The van der Waals surface area contributed by atoms with Crippen molar-refractivity contribution in [3.63, 3.8) is 0 Å². The fourth-order valence-electron chi connectivity index (χ4n) is 1.69. The van der Waals surface area contributed by atoms with E-state index in [2.05, 4.69) is 11.1 Å². The maximum atomic E-state index is 9.19. The molecule has 5 heteroatoms. The number of hydrogen-bond donors (Lipinski definition) is 1. The van der Waals surface area contributed by atoms with Gasteiger partial charge in [-0.1, -0.05) is 17.7 Å². The summed E-state index contributed by atoms with van der Waals surface area (Å²) in [6.45, 7) is 3.53. The lowest BCUT2D eigenvalue weighted by Crippen LogP contribution is -1.99. The fraction of sp³-hybridized carbons (Fsp3) is 0.143. The Morgan fingerprint density at radius 2 is 2.11 bits per heavy atom. The number of hydrogen-bond acceptors (Lipinski definition) is 4. The molecule has 0 atom stereocenters. The molecule has 1 heterocycles. The summed E-state index contributed by atoms with van der Waals surface area (Å²) < 4.78 is 5.63. The molecule has 1 aromatic carbocycles. The maximum Gasteiger partial charge on any atom is 0.237 e. The van der Waals surface area contributed by atoms with Gasteiger partial charge in [-0.3, -0.25) is 0 Å². The van der Waals surface area contributed by atoms with Crippen LogP contribution in [0, 0.1) is 25.2 Å². The minimum Gasteiger partial charge on any atom is -0.438 e. The lowest BCUT2D eigenvalue weighted by molar-refractivity contribution is 0.459. The molecule has 0 aliphatic rings. The van der Waals surface area contributed by atoms with Gasteiger partial charge in [0.2, 0.25) is 5.88 Å². The number of nitriles is 1. The summed E-state index contributed by atoms with van der Waals surface area (Å²) in [5.74, 6) is 0.776. The third-order valence-corrected chi connectivity index (χ3v) is 3.25. The average Bonchev–Trinajstić information content (AvgIpc) is 2.37. The molecule has 0 bridgehead atoms. The second-order valence-corrected chi connectivity index (χ2v) is 4.48. The Kier molecular flexibility index (Phi) is 3.59. The van der Waals surface area contributed by atoms with E-state index in [1.807, 2.05) is 0 Å². The zero-order chi connectivity index (χ0) is 14.0. The molecule has 0 saturated heterocycles. The van der Waals surface area contributed by atoms with Gasteiger partial charge in [0.05, 0.1) is 10.7 Å². The highest BCUT2D eigenvalue weighted by atomic mass is 35.5. The van der Waals surface area contributed by atoms with Crippen LogP contribution in [0.15, 0.2) is 24.3 Å². The van der Waals surface area contributed by atoms with Crippen LogP contribution in [0.1, 0.15) is 16.8 Å². The first kappa shape index (κ1) is 13.2. The molecule has 0 saturated carbocycles. The second kappa shape index (κ2) is 5.17. The van der Waals surface area contributed by atoms with Crippen LogP contribution >= 0.6 is 11.6 Å². The fourth-order valence-corrected chi connectivity index (χ4v) is 1.83. The number of nitrogen functional groups attached to an aromatic ring is 1. The third kappa shape index (κ3) is 2.61. The standard InChI is InChI=1S/C14H12ClN3O/c1-8-12(7-16)14(18-9(2)13(8)15)19-11-5-3-4-10(17)6-11/h3-6H,17H2,1-2H3. The van der Waals surface area contributed by atoms with Crippen LogP contribution in [0.25, 0.3) is 0 Å². The van der Waals surface area contributed by atoms with Crippen LogP contribution in [0.2, 0.25) is 5.02 Å². The van der Waals surface area contributed by atoms with Gasteiger partial charge in [0, 0.05) is 11.8 Å². The lowest BCUT2D eigenvalue weighted by Gasteiger charge is -2.11. The highest BCUT2D eigenvalue weighted by molar-refractivity contribution is 6.32. The van der Waals surface area contributed by atoms with Crippen molar-refractivity contribution in [2.75, 3.05) is 5.73 Å². The van der Waals surface area contributed by atoms with Crippen molar-refractivity contribution < 1.29 is 4.74 Å². The first-order chi connectivity index (χ1) is 9.02. The molecule has 96 valence electrons. The highest BCUT2D eigenvalue weighted by Crippen LogP contribution is 2.31. The van der Waals surface area contributed by atoms with Crippen molar-refractivity contribution in [3.05, 3.63) is 46.1 Å². The molecule has 0 radical (unpaired) electrons. The molecule has 0 unspecified atom stereocenters. The van der Waals surface area contributed by atoms with Crippen LogP contribution < -0.4 is 10.5 Å². The molecule has 4 nitrogen and oxygen atoms in total. The summed E-state index contributed by atoms with van der Waals surface area (Å²) in [5, 5.41) is 9.68. The summed E-state index contributed by atoms with van der Waals surface area (Å²) in [7, 11) is 0. The van der Waals surface area contributed by atoms with E-state index in [9.17, 15) is 5.26 Å². The van der Waals surface area contributed by atoms with Crippen LogP contribution in [-0.4, -0.2) is 4.98 Å². The summed E-state index contributed by atoms with van der Waals surface area (Å²) in [5.41, 5.74) is 7.88. The Bertz CT molecular complexity index is 677. The monoisotopic (exact) mass is 273 g/mol. The molecule has 2 N–H and O–H groups in total. The number of ether oxygens (including phenoxy) is 1. The largest absolute Gasteiger partial charge is 0.438 e. The topological polar surface area (TPSA) is 71.9 Å². The number of aromatic nitrogens is 1. The van der Waals surface area contributed by atoms with Gasteiger partial charge in [0.15, 0.2) is 0 Å². The first-order valence-electron chi connectivity index (χ1n) is 5.63. The molecule has 1 aromatic heterocycles. The molecule has 2 rings (SSSR count). The number of nitrogens with zero attached hydrogens (tertiary/aromatic N) is 2. The van der Waals surface area contributed by atoms with Gasteiger partial charge in [-0.2, -0.15) is 5.26 Å². The Hall–Kier alpha value is -2.25. The van der Waals surface area contributed by atoms with E-state index in [4.69, 9.17) is 22.1 Å². The number of nitrogens with two attached hydrogens (primary N) is 1. The Morgan fingerprint density at radius 1 is 1.37 bits per heavy atom. The number of benzene rings is 1. The number of rotatable bonds is 2. The van der Waals surface area contributed by atoms with E-state index in [1.165, 1.54) is 0 Å². The highest BCUT2D eigenvalue weighted by Gasteiger charge is 2.15. The molecular weight excluding hydrogens is 262 g/mol. The van der Waals surface area contributed by atoms with Gasteiger partial charge >= 0.3 is 0 Å². The zero-order valence-electron chi connectivity index (χ0n) is 10.6. The van der Waals surface area contributed by atoms with Crippen molar-refractivity contribution in [2.24, 2.45) is 0 Å². The van der Waals surface area contributed by atoms with E-state index in [0.29, 0.717) is 33.3 Å². The van der Waals surface area contributed by atoms with Crippen LogP contribution in [0.3, 0.4) is 0 Å². The average molecular weight is 274 g/mol. The van der Waals surface area contributed by atoms with Gasteiger partial charge in [-0.15, -0.1) is 0 Å². The van der Waals surface area contributed by atoms with Crippen molar-refractivity contribution in [1.82, 2.24) is 4.98 Å². The number of halogens is 1. The lowest BCUT2D eigenvalue weighted by atomic mass is 10.1. The Labute approximate surface area is 116 Å². The molecule has 0 aliphatic heterocycles. The second-order valence-electron chi connectivity index (χ2n) is 4.10. The summed E-state index contributed by atoms with van der Waals surface area (Å²) in [6.07, 6.45) is 0. The van der Waals surface area contributed by atoms with Crippen LogP contribution in [0.4, 0.5) is 5.69 Å². The van der Waals surface area contributed by atoms with Crippen molar-refractivity contribution >= 4 is 17.3 Å². The first-order valence-corrected chi connectivity index (χ1v) is 6.01. The van der Waals surface area contributed by atoms with E-state index >= 15 is 0 Å². The molecule has 0 fully saturated rings. The van der Waals surface area contributed by atoms with Gasteiger partial charge in [0.25, 0.3) is 0 Å². The molecule has 19 heavy (non-hydrogen) atoms. The maximum absolute atomic E-state index is 9.19. The van der Waals surface area contributed by atoms with Gasteiger partial charge in [-0.25, -0.2) is 4.98 Å². The van der Waals surface area contributed by atoms with E-state index in [1.54, 1.807) is 38.1 Å². The minimum absolute atomic E-state index is 0.243. The zero-order valence-corrected chi connectivity index (χ0v) is 11.3. The Morgan fingerprint density at radius 3 is 2.74 bits per heavy atom. The van der Waals surface area contributed by atoms with Crippen molar-refractivity contribution in [3.8, 4) is 17.7 Å². The predicted molar refractivity (Wildman–Crippen MR) is 74.4 cm³/mol. The molecule has 0 spiro atoms. The van der Waals surface area contributed by atoms with Gasteiger partial charge in [-0.05, 0) is 31.5 Å². The predicted octanol–water partition coefficient (Wildman–Crippen LogP) is 3.60. The van der Waals surface area contributed by atoms with Crippen molar-refractivity contribution in [1.29, 1.82) is 5.26 Å². The minimum atomic E-state index is 0.243.